The molecule has 0 aliphatic carbocycles. The minimum Gasteiger partial charge on any atom is -0.325 e. The average Bonchev–Trinajstić information content (AvgIpc) is 2.47. The van der Waals surface area contributed by atoms with Gasteiger partial charge < -0.3 is 10.6 Å². The van der Waals surface area contributed by atoms with E-state index >= 15 is 0 Å². The normalized spacial score (nSPS) is 16.3. The van der Waals surface area contributed by atoms with E-state index in [2.05, 4.69) is 15.5 Å². The zero-order chi connectivity index (χ0) is 13.7. The summed E-state index contributed by atoms with van der Waals surface area (Å²) in [5.41, 5.74) is 0.874. The predicted molar refractivity (Wildman–Crippen MR) is 95.3 cm³/mol. The van der Waals surface area contributed by atoms with Crippen LogP contribution < -0.4 is 10.6 Å². The molecule has 2 rings (SSSR count). The molecule has 120 valence electrons. The molecule has 1 aliphatic heterocycles. The van der Waals surface area contributed by atoms with Crippen LogP contribution in [0.3, 0.4) is 0 Å². The number of halogens is 2. The molecule has 21 heavy (non-hydrogen) atoms. The number of carbonyl (C=O) groups is 1. The van der Waals surface area contributed by atoms with Crippen molar-refractivity contribution in [2.24, 2.45) is 0 Å². The quantitative estimate of drug-likeness (QED) is 0.818. The zero-order valence-corrected chi connectivity index (χ0v) is 14.7. The Kier molecular flexibility index (Phi) is 10.1. The van der Waals surface area contributed by atoms with E-state index in [-0.39, 0.29) is 36.8 Å². The van der Waals surface area contributed by atoms with Crippen LogP contribution in [0.4, 0.5) is 5.69 Å². The molecule has 1 fully saturated rings. The molecule has 1 unspecified atom stereocenters. The predicted octanol–water partition coefficient (Wildman–Crippen LogP) is 2.48. The Labute approximate surface area is 143 Å². The molecule has 2 N–H and O–H groups in total. The number of hydrogen-bond donors (Lipinski definition) is 2. The number of nitrogens with zero attached hydrogens (tertiary/aromatic N) is 1. The van der Waals surface area contributed by atoms with Crippen LogP contribution in [-0.2, 0) is 4.79 Å². The SMILES string of the molecule is CSc1cccc(NC(=O)C(C)N2CCNCC2)c1.Cl.Cl. The molecule has 0 saturated carbocycles. The molecule has 1 aliphatic rings. The first kappa shape index (κ1) is 20.5. The summed E-state index contributed by atoms with van der Waals surface area (Å²) in [5, 5.41) is 6.30. The lowest BCUT2D eigenvalue weighted by Crippen LogP contribution is -2.51. The van der Waals surface area contributed by atoms with Crippen LogP contribution >= 0.6 is 36.6 Å². The Morgan fingerprint density at radius 3 is 2.62 bits per heavy atom. The van der Waals surface area contributed by atoms with Crippen molar-refractivity contribution >= 4 is 48.2 Å². The first-order valence-corrected chi connectivity index (χ1v) is 7.83. The standard InChI is InChI=1S/C14H21N3OS.2ClH/c1-11(17-8-6-15-7-9-17)14(18)16-12-4-3-5-13(10-12)19-2;;/h3-5,10-11,15H,6-9H2,1-2H3,(H,16,18);2*1H. The van der Waals surface area contributed by atoms with Gasteiger partial charge in [0.05, 0.1) is 6.04 Å². The molecular formula is C14H23Cl2N3OS. The first-order chi connectivity index (χ1) is 9.20. The minimum atomic E-state index is -0.0833. The lowest BCUT2D eigenvalue weighted by molar-refractivity contribution is -0.120. The van der Waals surface area contributed by atoms with Crippen molar-refractivity contribution in [2.75, 3.05) is 37.8 Å². The van der Waals surface area contributed by atoms with Gasteiger partial charge in [0.2, 0.25) is 5.91 Å². The van der Waals surface area contributed by atoms with E-state index in [9.17, 15) is 4.79 Å². The molecule has 1 amide bonds. The monoisotopic (exact) mass is 351 g/mol. The summed E-state index contributed by atoms with van der Waals surface area (Å²) < 4.78 is 0. The third-order valence-electron chi connectivity index (χ3n) is 3.42. The maximum atomic E-state index is 12.2. The average molecular weight is 352 g/mol. The molecule has 0 radical (unpaired) electrons. The van der Waals surface area contributed by atoms with E-state index in [0.29, 0.717) is 0 Å². The third kappa shape index (κ3) is 6.04. The summed E-state index contributed by atoms with van der Waals surface area (Å²) in [6, 6.07) is 7.87. The summed E-state index contributed by atoms with van der Waals surface area (Å²) in [7, 11) is 0. The maximum Gasteiger partial charge on any atom is 0.241 e. The Morgan fingerprint density at radius 2 is 2.00 bits per heavy atom. The van der Waals surface area contributed by atoms with Crippen LogP contribution in [0.2, 0.25) is 0 Å². The second kappa shape index (κ2) is 10.3. The highest BCUT2D eigenvalue weighted by Crippen LogP contribution is 2.19. The Bertz CT molecular complexity index is 442. The molecule has 1 atom stereocenters. The van der Waals surface area contributed by atoms with Gasteiger partial charge in [0, 0.05) is 36.8 Å². The molecule has 0 aromatic heterocycles. The van der Waals surface area contributed by atoms with Gasteiger partial charge >= 0.3 is 0 Å². The van der Waals surface area contributed by atoms with E-state index in [0.717, 1.165) is 36.8 Å². The summed E-state index contributed by atoms with van der Waals surface area (Å²) >= 11 is 1.68. The third-order valence-corrected chi connectivity index (χ3v) is 4.14. The highest BCUT2D eigenvalue weighted by Gasteiger charge is 2.22. The van der Waals surface area contributed by atoms with Gasteiger partial charge in [0.1, 0.15) is 0 Å². The molecule has 1 aromatic rings. The van der Waals surface area contributed by atoms with Crippen molar-refractivity contribution in [3.05, 3.63) is 24.3 Å². The van der Waals surface area contributed by atoms with E-state index in [1.54, 1.807) is 11.8 Å². The van der Waals surface area contributed by atoms with Crippen LogP contribution in [0.25, 0.3) is 0 Å². The van der Waals surface area contributed by atoms with Crippen molar-refractivity contribution in [1.29, 1.82) is 0 Å². The summed E-state index contributed by atoms with van der Waals surface area (Å²) in [5.74, 6) is 0.0696. The van der Waals surface area contributed by atoms with Gasteiger partial charge in [0.25, 0.3) is 0 Å². The van der Waals surface area contributed by atoms with Gasteiger partial charge in [-0.05, 0) is 31.4 Å². The number of carbonyl (C=O) groups excluding carboxylic acids is 1. The van der Waals surface area contributed by atoms with E-state index in [1.165, 1.54) is 0 Å². The molecule has 0 spiro atoms. The van der Waals surface area contributed by atoms with Crippen molar-refractivity contribution < 1.29 is 4.79 Å². The van der Waals surface area contributed by atoms with Gasteiger partial charge in [-0.2, -0.15) is 0 Å². The molecule has 7 heteroatoms. The summed E-state index contributed by atoms with van der Waals surface area (Å²) in [6.45, 7) is 5.75. The van der Waals surface area contributed by atoms with E-state index in [1.807, 2.05) is 37.4 Å². The van der Waals surface area contributed by atoms with Gasteiger partial charge in [-0.25, -0.2) is 0 Å². The zero-order valence-electron chi connectivity index (χ0n) is 12.3. The van der Waals surface area contributed by atoms with Crippen LogP contribution in [0.15, 0.2) is 29.2 Å². The Morgan fingerprint density at radius 1 is 1.33 bits per heavy atom. The summed E-state index contributed by atoms with van der Waals surface area (Å²) in [4.78, 5) is 15.6. The number of thioether (sulfide) groups is 1. The number of anilines is 1. The lowest BCUT2D eigenvalue weighted by Gasteiger charge is -2.31. The fourth-order valence-electron chi connectivity index (χ4n) is 2.18. The van der Waals surface area contributed by atoms with Gasteiger partial charge in [0.15, 0.2) is 0 Å². The molecule has 0 bridgehead atoms. The molecule has 1 aromatic carbocycles. The largest absolute Gasteiger partial charge is 0.325 e. The van der Waals surface area contributed by atoms with Crippen LogP contribution in [0, 0.1) is 0 Å². The molecule has 1 saturated heterocycles. The van der Waals surface area contributed by atoms with Crippen molar-refractivity contribution in [3.8, 4) is 0 Å². The van der Waals surface area contributed by atoms with Crippen LogP contribution in [0.1, 0.15) is 6.92 Å². The van der Waals surface area contributed by atoms with Crippen LogP contribution in [-0.4, -0.2) is 49.3 Å². The van der Waals surface area contributed by atoms with Gasteiger partial charge in [-0.3, -0.25) is 9.69 Å². The fraction of sp³-hybridized carbons (Fsp3) is 0.500. The molecule has 1 heterocycles. The fourth-order valence-corrected chi connectivity index (χ4v) is 2.64. The number of benzene rings is 1. The second-order valence-corrected chi connectivity index (χ2v) is 5.56. The Balaban J connectivity index is 0.00000200. The number of hydrogen-bond acceptors (Lipinski definition) is 4. The van der Waals surface area contributed by atoms with Crippen LogP contribution in [0.5, 0.6) is 0 Å². The summed E-state index contributed by atoms with van der Waals surface area (Å²) in [6.07, 6.45) is 2.03. The van der Waals surface area contributed by atoms with Crippen molar-refractivity contribution in [2.45, 2.75) is 17.9 Å². The second-order valence-electron chi connectivity index (χ2n) is 4.68. The van der Waals surface area contributed by atoms with E-state index in [4.69, 9.17) is 0 Å². The highest BCUT2D eigenvalue weighted by molar-refractivity contribution is 7.98. The smallest absolute Gasteiger partial charge is 0.241 e. The highest BCUT2D eigenvalue weighted by atomic mass is 35.5. The first-order valence-electron chi connectivity index (χ1n) is 6.60. The van der Waals surface area contributed by atoms with Gasteiger partial charge in [-0.15, -0.1) is 36.6 Å². The molecule has 4 nitrogen and oxygen atoms in total. The van der Waals surface area contributed by atoms with Crippen molar-refractivity contribution in [3.63, 3.8) is 0 Å². The number of piperazine rings is 1. The van der Waals surface area contributed by atoms with E-state index < -0.39 is 0 Å². The van der Waals surface area contributed by atoms with Gasteiger partial charge in [-0.1, -0.05) is 6.07 Å². The van der Waals surface area contributed by atoms with Crippen molar-refractivity contribution in [1.82, 2.24) is 10.2 Å². The number of nitrogens with one attached hydrogen (secondary N) is 2. The maximum absolute atomic E-state index is 12.2. The number of rotatable bonds is 4. The Hall–Kier alpha value is -0.460. The molecular weight excluding hydrogens is 329 g/mol. The minimum absolute atomic E-state index is 0. The topological polar surface area (TPSA) is 44.4 Å². The lowest BCUT2D eigenvalue weighted by atomic mass is 10.2. The number of amides is 1.